The van der Waals surface area contributed by atoms with Gasteiger partial charge in [-0.3, -0.25) is 14.5 Å². The number of aryl methyl sites for hydroxylation is 1. The van der Waals surface area contributed by atoms with E-state index in [1.165, 1.54) is 23.8 Å². The zero-order chi connectivity index (χ0) is 24.9. The average Bonchev–Trinajstić information content (AvgIpc) is 3.54. The van der Waals surface area contributed by atoms with E-state index >= 15 is 0 Å². The van der Waals surface area contributed by atoms with E-state index in [2.05, 4.69) is 19.8 Å². The van der Waals surface area contributed by atoms with Crippen LogP contribution in [0.15, 0.2) is 34.1 Å². The van der Waals surface area contributed by atoms with Gasteiger partial charge in [0.15, 0.2) is 16.5 Å². The molecule has 13 nitrogen and oxygen atoms in total. The minimum Gasteiger partial charge on any atom is -0.477 e. The topological polar surface area (TPSA) is 169 Å². The first kappa shape index (κ1) is 23.3. The van der Waals surface area contributed by atoms with Crippen molar-refractivity contribution in [3.8, 4) is 0 Å². The highest BCUT2D eigenvalue weighted by Crippen LogP contribution is 2.40. The van der Waals surface area contributed by atoms with Crippen LogP contribution in [0.25, 0.3) is 10.2 Å². The van der Waals surface area contributed by atoms with E-state index in [-0.39, 0.29) is 22.4 Å². The SMILES string of the molecule is CO/N=C(\C(=O)N[C@@H]1C(=O)N2C(C(=O)O)=C(C[n+]3cc4ccsc4n3C)CS[C@H]12)c1nsc(N)n1. The number of nitrogens with two attached hydrogens (primary N) is 1. The molecule has 1 saturated heterocycles. The summed E-state index contributed by atoms with van der Waals surface area (Å²) in [4.78, 5) is 49.0. The third-order valence-electron chi connectivity index (χ3n) is 5.58. The molecule has 35 heavy (non-hydrogen) atoms. The number of nitrogens with one attached hydrogen (secondary N) is 1. The lowest BCUT2D eigenvalue weighted by Gasteiger charge is -2.49. The van der Waals surface area contributed by atoms with E-state index in [1.54, 1.807) is 11.3 Å². The largest absolute Gasteiger partial charge is 0.477 e. The number of nitrogens with zero attached hydrogens (tertiary/aromatic N) is 6. The maximum atomic E-state index is 13.0. The molecule has 0 aromatic carbocycles. The van der Waals surface area contributed by atoms with Crippen molar-refractivity contribution in [3.63, 3.8) is 0 Å². The summed E-state index contributed by atoms with van der Waals surface area (Å²) in [5.74, 6) is -2.08. The van der Waals surface area contributed by atoms with E-state index in [4.69, 9.17) is 10.6 Å². The molecule has 5 rings (SSSR count). The summed E-state index contributed by atoms with van der Waals surface area (Å²) in [6.07, 6.45) is 1.95. The lowest BCUT2D eigenvalue weighted by molar-refractivity contribution is -0.764. The van der Waals surface area contributed by atoms with Crippen LogP contribution in [0.3, 0.4) is 0 Å². The molecule has 2 aliphatic rings. The van der Waals surface area contributed by atoms with E-state index < -0.39 is 29.2 Å². The molecule has 0 bridgehead atoms. The van der Waals surface area contributed by atoms with Crippen LogP contribution < -0.4 is 15.7 Å². The molecule has 4 N–H and O–H groups in total. The molecule has 0 saturated carbocycles. The van der Waals surface area contributed by atoms with Crippen molar-refractivity contribution in [2.75, 3.05) is 18.6 Å². The number of carbonyl (C=O) groups excluding carboxylic acids is 2. The van der Waals surface area contributed by atoms with Gasteiger partial charge < -0.3 is 21.0 Å². The first-order valence-electron chi connectivity index (χ1n) is 10.1. The number of amides is 2. The van der Waals surface area contributed by atoms with Crippen molar-refractivity contribution in [1.82, 2.24) is 24.3 Å². The Balaban J connectivity index is 1.37. The molecule has 0 aliphatic carbocycles. The Morgan fingerprint density at radius 3 is 2.91 bits per heavy atom. The van der Waals surface area contributed by atoms with Gasteiger partial charge in [-0.2, -0.15) is 9.36 Å². The summed E-state index contributed by atoms with van der Waals surface area (Å²) in [6, 6.07) is 1.06. The molecular weight excluding hydrogens is 516 g/mol. The van der Waals surface area contributed by atoms with Crippen molar-refractivity contribution in [1.29, 1.82) is 0 Å². The fraction of sp³-hybridized carbons (Fsp3) is 0.316. The van der Waals surface area contributed by atoms with Gasteiger partial charge in [-0.05, 0) is 11.4 Å². The van der Waals surface area contributed by atoms with Crippen LogP contribution >= 0.6 is 34.6 Å². The average molecular weight is 536 g/mol. The van der Waals surface area contributed by atoms with Crippen LogP contribution in [-0.4, -0.2) is 71.8 Å². The summed E-state index contributed by atoms with van der Waals surface area (Å²) in [6.45, 7) is 0.321. The number of hydrogen-bond donors (Lipinski definition) is 3. The summed E-state index contributed by atoms with van der Waals surface area (Å²) in [7, 11) is 3.17. The van der Waals surface area contributed by atoms with Crippen LogP contribution in [0, 0.1) is 0 Å². The maximum absolute atomic E-state index is 13.0. The Morgan fingerprint density at radius 1 is 1.46 bits per heavy atom. The molecule has 0 radical (unpaired) electrons. The molecule has 3 aromatic heterocycles. The number of thiophene rings is 1. The minimum atomic E-state index is -1.19. The summed E-state index contributed by atoms with van der Waals surface area (Å²) >= 11 is 3.86. The van der Waals surface area contributed by atoms with Gasteiger partial charge >= 0.3 is 5.97 Å². The number of β-lactam (4-membered cyclic amide) rings is 1. The molecule has 3 aromatic rings. The molecule has 2 atom stereocenters. The Morgan fingerprint density at radius 2 is 2.26 bits per heavy atom. The lowest BCUT2D eigenvalue weighted by Crippen LogP contribution is -2.71. The first-order chi connectivity index (χ1) is 16.8. The molecule has 2 amide bonds. The number of fused-ring (bicyclic) bond motifs is 2. The zero-order valence-corrected chi connectivity index (χ0v) is 20.8. The second kappa shape index (κ2) is 8.94. The second-order valence-corrected chi connectivity index (χ2v) is 10.4. The zero-order valence-electron chi connectivity index (χ0n) is 18.4. The van der Waals surface area contributed by atoms with Crippen molar-refractivity contribution in [3.05, 3.63) is 34.7 Å². The maximum Gasteiger partial charge on any atom is 0.352 e. The van der Waals surface area contributed by atoms with E-state index in [1.807, 2.05) is 34.1 Å². The molecule has 0 unspecified atom stereocenters. The fourth-order valence-electron chi connectivity index (χ4n) is 4.00. The molecule has 5 heterocycles. The van der Waals surface area contributed by atoms with Crippen LogP contribution in [0.5, 0.6) is 0 Å². The Hall–Kier alpha value is -3.50. The molecular formula is C19H19N8O5S3+. The number of rotatable bonds is 7. The predicted molar refractivity (Wildman–Crippen MR) is 129 cm³/mol. The van der Waals surface area contributed by atoms with E-state index in [0.717, 1.165) is 21.7 Å². The molecule has 0 spiro atoms. The van der Waals surface area contributed by atoms with Crippen LogP contribution in [0.4, 0.5) is 5.13 Å². The molecule has 182 valence electrons. The highest BCUT2D eigenvalue weighted by molar-refractivity contribution is 8.00. The first-order valence-corrected chi connectivity index (χ1v) is 12.8. The normalized spacial score (nSPS) is 20.1. The number of oxime groups is 1. The highest BCUT2D eigenvalue weighted by Gasteiger charge is 2.55. The Labute approximate surface area is 210 Å². The monoisotopic (exact) mass is 535 g/mol. The van der Waals surface area contributed by atoms with Gasteiger partial charge in [0.1, 0.15) is 24.2 Å². The van der Waals surface area contributed by atoms with Gasteiger partial charge in [0.05, 0.1) is 12.4 Å². The number of hydrogen-bond acceptors (Lipinski definition) is 11. The number of carboxylic acids is 1. The van der Waals surface area contributed by atoms with Crippen molar-refractivity contribution in [2.24, 2.45) is 12.2 Å². The van der Waals surface area contributed by atoms with Crippen molar-refractivity contribution in [2.45, 2.75) is 18.0 Å². The van der Waals surface area contributed by atoms with E-state index in [9.17, 15) is 19.5 Å². The van der Waals surface area contributed by atoms with Crippen molar-refractivity contribution < 1.29 is 29.0 Å². The summed E-state index contributed by atoms with van der Waals surface area (Å²) in [5.41, 5.74) is 5.91. The van der Waals surface area contributed by atoms with Gasteiger partial charge in [-0.15, -0.1) is 32.5 Å². The number of carboxylic acid groups (broad SMARTS) is 1. The molecule has 2 aliphatic heterocycles. The summed E-state index contributed by atoms with van der Waals surface area (Å²) < 4.78 is 7.83. The quantitative estimate of drug-likeness (QED) is 0.160. The summed E-state index contributed by atoms with van der Waals surface area (Å²) in [5, 5.41) is 18.8. The van der Waals surface area contributed by atoms with Crippen LogP contribution in [0.2, 0.25) is 0 Å². The van der Waals surface area contributed by atoms with Crippen LogP contribution in [-0.2, 0) is 32.8 Å². The predicted octanol–water partition coefficient (Wildman–Crippen LogP) is -0.250. The van der Waals surface area contributed by atoms with Crippen LogP contribution in [0.1, 0.15) is 5.82 Å². The molecule has 1 fully saturated rings. The number of nitrogen functional groups attached to an aromatic ring is 1. The van der Waals surface area contributed by atoms with E-state index in [0.29, 0.717) is 17.9 Å². The van der Waals surface area contributed by atoms with Crippen molar-refractivity contribution >= 4 is 73.5 Å². The number of thioether (sulfide) groups is 1. The number of aromatic nitrogens is 4. The standard InChI is InChI=1S/C19H18N8O5S3/c1-25-16-8(3-4-33-16)5-26(25)6-9-7-34-17-11(15(29)27(17)12(9)18(30)31)21-14(28)10(23-32-2)13-22-19(20)35-24-13/h3-5,11,17H,6-7H2,1-2H3,(H3-,20,21,22,24,28,30,31)/p+1/b23-10-/t11-,17-/m1/s1. The number of aliphatic carboxylic acids is 1. The number of anilines is 1. The third-order valence-corrected chi connectivity index (χ3v) is 8.46. The third kappa shape index (κ3) is 3.92. The minimum absolute atomic E-state index is 0.0281. The lowest BCUT2D eigenvalue weighted by atomic mass is 10.0. The smallest absolute Gasteiger partial charge is 0.352 e. The Bertz CT molecular complexity index is 1420. The Kier molecular flexibility index (Phi) is 5.94. The van der Waals surface area contributed by atoms with Gasteiger partial charge in [0.25, 0.3) is 11.8 Å². The number of carbonyl (C=O) groups is 3. The van der Waals surface area contributed by atoms with Gasteiger partial charge in [-0.25, -0.2) is 4.79 Å². The second-order valence-electron chi connectivity index (χ2n) is 7.63. The van der Waals surface area contributed by atoms with Gasteiger partial charge in [0.2, 0.25) is 17.7 Å². The van der Waals surface area contributed by atoms with Gasteiger partial charge in [-0.1, -0.05) is 5.16 Å². The molecule has 16 heteroatoms. The fourth-order valence-corrected chi connectivity index (χ4v) is 6.63. The van der Waals surface area contributed by atoms with Gasteiger partial charge in [0, 0.05) is 22.9 Å². The highest BCUT2D eigenvalue weighted by atomic mass is 32.2.